The number of ether oxygens (including phenoxy) is 2. The Bertz CT molecular complexity index is 1370. The van der Waals surface area contributed by atoms with Crippen molar-refractivity contribution >= 4 is 16.9 Å². The van der Waals surface area contributed by atoms with Crippen molar-refractivity contribution < 1.29 is 24.5 Å². The fraction of sp³-hybridized carbons (Fsp3) is 0.276. The van der Waals surface area contributed by atoms with Gasteiger partial charge in [-0.2, -0.15) is 0 Å². The Morgan fingerprint density at radius 1 is 0.944 bits per heavy atom. The predicted octanol–water partition coefficient (Wildman–Crippen LogP) is 5.52. The fourth-order valence-corrected chi connectivity index (χ4v) is 4.46. The summed E-state index contributed by atoms with van der Waals surface area (Å²) < 4.78 is 12.4. The van der Waals surface area contributed by atoms with Crippen LogP contribution in [0.4, 0.5) is 0 Å². The molecule has 0 aliphatic rings. The Balaban J connectivity index is 1.72. The highest BCUT2D eigenvalue weighted by Crippen LogP contribution is 2.31. The van der Waals surface area contributed by atoms with Crippen molar-refractivity contribution in [3.8, 4) is 17.2 Å². The highest BCUT2D eigenvalue weighted by Gasteiger charge is 2.23. The van der Waals surface area contributed by atoms with Crippen LogP contribution in [-0.4, -0.2) is 35.0 Å². The lowest BCUT2D eigenvalue weighted by Crippen LogP contribution is -2.17. The number of methoxy groups -OCH3 is 2. The topological polar surface area (TPSA) is 93.0 Å². The monoisotopic (exact) mass is 488 g/mol. The van der Waals surface area contributed by atoms with Gasteiger partial charge in [-0.15, -0.1) is 0 Å². The zero-order valence-electron chi connectivity index (χ0n) is 21.0. The number of hydrogen-bond acceptors (Lipinski definition) is 5. The number of carboxylic acid groups (broad SMARTS) is 1. The third kappa shape index (κ3) is 5.16. The molecule has 4 aromatic rings. The molecule has 7 heteroatoms. The van der Waals surface area contributed by atoms with Crippen LogP contribution in [0.25, 0.3) is 10.9 Å². The third-order valence-electron chi connectivity index (χ3n) is 6.44. The molecule has 0 fully saturated rings. The smallest absolute Gasteiger partial charge is 0.352 e. The van der Waals surface area contributed by atoms with Crippen LogP contribution in [0.5, 0.6) is 17.2 Å². The highest BCUT2D eigenvalue weighted by atomic mass is 16.5. The van der Waals surface area contributed by atoms with Crippen molar-refractivity contribution in [2.45, 2.75) is 39.4 Å². The molecule has 3 N–H and O–H groups in total. The van der Waals surface area contributed by atoms with E-state index < -0.39 is 5.97 Å². The normalized spacial score (nSPS) is 11.2. The molecule has 0 aliphatic carbocycles. The Hall–Kier alpha value is -3.97. The molecule has 0 unspecified atom stereocenters. The number of carboxylic acids is 1. The number of carbonyl (C=O) groups is 1. The molecule has 3 aromatic carbocycles. The summed E-state index contributed by atoms with van der Waals surface area (Å²) in [5, 5.41) is 24.4. The Labute approximate surface area is 210 Å². The van der Waals surface area contributed by atoms with Crippen LogP contribution >= 0.6 is 0 Å². The first-order valence-corrected chi connectivity index (χ1v) is 11.9. The van der Waals surface area contributed by atoms with E-state index in [9.17, 15) is 15.0 Å². The van der Waals surface area contributed by atoms with Gasteiger partial charge in [0.2, 0.25) is 0 Å². The molecule has 0 bridgehead atoms. The molecule has 0 radical (unpaired) electrons. The van der Waals surface area contributed by atoms with E-state index in [4.69, 9.17) is 9.47 Å². The van der Waals surface area contributed by atoms with Gasteiger partial charge in [0.25, 0.3) is 0 Å². The minimum Gasteiger partial charge on any atom is -0.504 e. The van der Waals surface area contributed by atoms with Gasteiger partial charge in [0.1, 0.15) is 11.4 Å². The van der Waals surface area contributed by atoms with Gasteiger partial charge >= 0.3 is 5.97 Å². The van der Waals surface area contributed by atoms with E-state index in [1.54, 1.807) is 19.2 Å². The van der Waals surface area contributed by atoms with Crippen molar-refractivity contribution in [1.29, 1.82) is 0 Å². The lowest BCUT2D eigenvalue weighted by molar-refractivity contribution is 0.0684. The molecule has 36 heavy (non-hydrogen) atoms. The molecule has 4 rings (SSSR count). The summed E-state index contributed by atoms with van der Waals surface area (Å²) in [5.41, 5.74) is 4.98. The van der Waals surface area contributed by atoms with E-state index in [2.05, 4.69) is 31.3 Å². The average molecular weight is 489 g/mol. The lowest BCUT2D eigenvalue weighted by Gasteiger charge is -2.12. The zero-order chi connectivity index (χ0) is 25.8. The summed E-state index contributed by atoms with van der Waals surface area (Å²) in [7, 11) is 3.13. The van der Waals surface area contributed by atoms with E-state index in [-0.39, 0.29) is 11.4 Å². The summed E-state index contributed by atoms with van der Waals surface area (Å²) in [6.45, 7) is 5.55. The maximum atomic E-state index is 12.6. The van der Waals surface area contributed by atoms with E-state index in [0.717, 1.165) is 38.9 Å². The number of aromatic nitrogens is 1. The van der Waals surface area contributed by atoms with Gasteiger partial charge in [0, 0.05) is 36.1 Å². The molecule has 0 spiro atoms. The number of phenolic OH excluding ortho intramolecular Hbond substituents is 1. The Kier molecular flexibility index (Phi) is 7.50. The molecule has 0 saturated carbocycles. The number of rotatable bonds is 10. The number of aromatic carboxylic acids is 1. The van der Waals surface area contributed by atoms with Gasteiger partial charge in [0.15, 0.2) is 11.5 Å². The molecule has 0 aliphatic heterocycles. The average Bonchev–Trinajstić information content (AvgIpc) is 3.18. The summed E-state index contributed by atoms with van der Waals surface area (Å²) in [5.74, 6) is 0.592. The number of phenols is 1. The van der Waals surface area contributed by atoms with Crippen LogP contribution in [-0.2, 0) is 19.6 Å². The quantitative estimate of drug-likeness (QED) is 0.272. The largest absolute Gasteiger partial charge is 0.504 e. The Morgan fingerprint density at radius 3 is 2.31 bits per heavy atom. The standard InChI is InChI=1S/C29H32N2O5/c1-18(2)21-8-11-23-24(16-30-15-20-7-12-26(32)27(13-20)36-4)28(29(33)34)31(25(23)14-21)17-19-5-9-22(35-3)10-6-19/h5-14,18,30,32H,15-17H2,1-4H3,(H,33,34). The van der Waals surface area contributed by atoms with E-state index in [0.29, 0.717) is 31.3 Å². The summed E-state index contributed by atoms with van der Waals surface area (Å²) >= 11 is 0. The second-order valence-corrected chi connectivity index (χ2v) is 9.11. The number of nitrogens with zero attached hydrogens (tertiary/aromatic N) is 1. The van der Waals surface area contributed by atoms with Gasteiger partial charge in [-0.1, -0.05) is 44.2 Å². The molecule has 7 nitrogen and oxygen atoms in total. The number of fused-ring (bicyclic) bond motifs is 1. The van der Waals surface area contributed by atoms with Crippen molar-refractivity contribution in [2.75, 3.05) is 14.2 Å². The summed E-state index contributed by atoms with van der Waals surface area (Å²) in [6.07, 6.45) is 0. The maximum Gasteiger partial charge on any atom is 0.352 e. The van der Waals surface area contributed by atoms with Crippen LogP contribution in [0.2, 0.25) is 0 Å². The second kappa shape index (κ2) is 10.7. The van der Waals surface area contributed by atoms with E-state index in [1.165, 1.54) is 7.11 Å². The molecule has 1 heterocycles. The minimum absolute atomic E-state index is 0.0805. The fourth-order valence-electron chi connectivity index (χ4n) is 4.46. The highest BCUT2D eigenvalue weighted by molar-refractivity contribution is 5.98. The maximum absolute atomic E-state index is 12.6. The molecule has 0 saturated heterocycles. The summed E-state index contributed by atoms with van der Waals surface area (Å²) in [6, 6.07) is 19.1. The molecule has 0 atom stereocenters. The van der Waals surface area contributed by atoms with Crippen LogP contribution in [0, 0.1) is 0 Å². The first-order chi connectivity index (χ1) is 17.3. The second-order valence-electron chi connectivity index (χ2n) is 9.11. The van der Waals surface area contributed by atoms with Crippen LogP contribution < -0.4 is 14.8 Å². The van der Waals surface area contributed by atoms with Crippen molar-refractivity contribution in [2.24, 2.45) is 0 Å². The molecule has 188 valence electrons. The number of benzene rings is 3. The van der Waals surface area contributed by atoms with Crippen molar-refractivity contribution in [1.82, 2.24) is 9.88 Å². The lowest BCUT2D eigenvalue weighted by atomic mass is 10.0. The molecule has 0 amide bonds. The van der Waals surface area contributed by atoms with Crippen molar-refractivity contribution in [3.63, 3.8) is 0 Å². The number of nitrogens with one attached hydrogen (secondary N) is 1. The first kappa shape index (κ1) is 25.1. The van der Waals surface area contributed by atoms with Crippen molar-refractivity contribution in [3.05, 3.63) is 88.6 Å². The zero-order valence-corrected chi connectivity index (χ0v) is 21.0. The van der Waals surface area contributed by atoms with Gasteiger partial charge in [-0.25, -0.2) is 4.79 Å². The van der Waals surface area contributed by atoms with E-state index in [1.807, 2.05) is 41.0 Å². The van der Waals surface area contributed by atoms with Gasteiger partial charge in [-0.3, -0.25) is 0 Å². The van der Waals surface area contributed by atoms with Crippen LogP contribution in [0.3, 0.4) is 0 Å². The molecule has 1 aromatic heterocycles. The first-order valence-electron chi connectivity index (χ1n) is 11.9. The van der Waals surface area contributed by atoms with Crippen LogP contribution in [0.1, 0.15) is 52.5 Å². The SMILES string of the molecule is COc1ccc(Cn2c(C(=O)O)c(CNCc3ccc(O)c(OC)c3)c3ccc(C(C)C)cc32)cc1. The molecular formula is C29H32N2O5. The Morgan fingerprint density at radius 2 is 1.67 bits per heavy atom. The number of hydrogen-bond donors (Lipinski definition) is 3. The predicted molar refractivity (Wildman–Crippen MR) is 140 cm³/mol. The molecular weight excluding hydrogens is 456 g/mol. The van der Waals surface area contributed by atoms with E-state index >= 15 is 0 Å². The van der Waals surface area contributed by atoms with Gasteiger partial charge in [0.05, 0.1) is 14.2 Å². The van der Waals surface area contributed by atoms with Crippen LogP contribution in [0.15, 0.2) is 60.7 Å². The summed E-state index contributed by atoms with van der Waals surface area (Å²) in [4.78, 5) is 12.6. The van der Waals surface area contributed by atoms with Gasteiger partial charge in [-0.05, 0) is 52.9 Å². The van der Waals surface area contributed by atoms with Gasteiger partial charge < -0.3 is 29.6 Å². The number of aromatic hydroxyl groups is 1. The third-order valence-corrected chi connectivity index (χ3v) is 6.44. The minimum atomic E-state index is -0.964.